The second kappa shape index (κ2) is 7.75. The molecule has 1 aromatic carbocycles. The molecule has 3 heterocycles. The number of carbonyl (C=O) groups excluding carboxylic acids is 2. The van der Waals surface area contributed by atoms with Gasteiger partial charge in [-0.2, -0.15) is 0 Å². The first-order chi connectivity index (χ1) is 13.5. The molecule has 2 aliphatic rings. The highest BCUT2D eigenvalue weighted by Crippen LogP contribution is 2.26. The SMILES string of the molecule is CN1CCC(CNC(=O)c2cccc3c2CN(CCc2cn(C)cn2)C3=O)C1. The Bertz CT molecular complexity index is 891. The summed E-state index contributed by atoms with van der Waals surface area (Å²) in [7, 11) is 4.04. The van der Waals surface area contributed by atoms with E-state index in [1.165, 1.54) is 0 Å². The van der Waals surface area contributed by atoms with Crippen LogP contribution in [-0.4, -0.2) is 64.4 Å². The molecule has 1 saturated heterocycles. The van der Waals surface area contributed by atoms with Crippen molar-refractivity contribution in [1.29, 1.82) is 0 Å². The minimum atomic E-state index is -0.0780. The molecule has 2 aromatic rings. The fourth-order valence-electron chi connectivity index (χ4n) is 4.15. The highest BCUT2D eigenvalue weighted by molar-refractivity contribution is 6.04. The molecule has 0 spiro atoms. The predicted octanol–water partition coefficient (Wildman–Crippen LogP) is 1.30. The number of hydrogen-bond donors (Lipinski definition) is 1. The Morgan fingerprint density at radius 2 is 2.18 bits per heavy atom. The van der Waals surface area contributed by atoms with E-state index in [2.05, 4.69) is 22.2 Å². The minimum Gasteiger partial charge on any atom is -0.352 e. The van der Waals surface area contributed by atoms with Crippen LogP contribution in [0.25, 0.3) is 0 Å². The van der Waals surface area contributed by atoms with Gasteiger partial charge in [0, 0.05) is 57.0 Å². The number of benzene rings is 1. The molecular formula is C21H27N5O2. The fourth-order valence-corrected chi connectivity index (χ4v) is 4.15. The number of hydrogen-bond acceptors (Lipinski definition) is 4. The van der Waals surface area contributed by atoms with Crippen molar-refractivity contribution in [3.05, 3.63) is 53.1 Å². The summed E-state index contributed by atoms with van der Waals surface area (Å²) in [5.41, 5.74) is 3.08. The molecule has 28 heavy (non-hydrogen) atoms. The predicted molar refractivity (Wildman–Crippen MR) is 106 cm³/mol. The molecule has 1 N–H and O–H groups in total. The molecule has 7 nitrogen and oxygen atoms in total. The maximum atomic E-state index is 12.8. The monoisotopic (exact) mass is 381 g/mol. The zero-order chi connectivity index (χ0) is 19.7. The van der Waals surface area contributed by atoms with Crippen molar-refractivity contribution in [3.63, 3.8) is 0 Å². The Morgan fingerprint density at radius 1 is 1.32 bits per heavy atom. The topological polar surface area (TPSA) is 70.5 Å². The van der Waals surface area contributed by atoms with Crippen molar-refractivity contribution in [1.82, 2.24) is 24.7 Å². The van der Waals surface area contributed by atoms with Gasteiger partial charge in [0.05, 0.1) is 12.0 Å². The lowest BCUT2D eigenvalue weighted by molar-refractivity contribution is 0.0778. The van der Waals surface area contributed by atoms with Gasteiger partial charge in [-0.1, -0.05) is 6.07 Å². The van der Waals surface area contributed by atoms with Gasteiger partial charge in [-0.25, -0.2) is 4.98 Å². The summed E-state index contributed by atoms with van der Waals surface area (Å²) in [5, 5.41) is 3.07. The maximum Gasteiger partial charge on any atom is 0.254 e. The van der Waals surface area contributed by atoms with Crippen molar-refractivity contribution < 1.29 is 9.59 Å². The number of imidazole rings is 1. The summed E-state index contributed by atoms with van der Waals surface area (Å²) < 4.78 is 1.90. The van der Waals surface area contributed by atoms with Crippen molar-refractivity contribution in [2.75, 3.05) is 33.2 Å². The summed E-state index contributed by atoms with van der Waals surface area (Å²) >= 11 is 0. The van der Waals surface area contributed by atoms with E-state index >= 15 is 0 Å². The van der Waals surface area contributed by atoms with Gasteiger partial charge in [0.15, 0.2) is 0 Å². The number of carbonyl (C=O) groups is 2. The van der Waals surface area contributed by atoms with E-state index in [1.54, 1.807) is 12.4 Å². The van der Waals surface area contributed by atoms with Gasteiger partial charge in [-0.05, 0) is 43.6 Å². The Labute approximate surface area is 165 Å². The summed E-state index contributed by atoms with van der Waals surface area (Å²) in [6.45, 7) is 3.87. The minimum absolute atomic E-state index is 0.00185. The van der Waals surface area contributed by atoms with Crippen LogP contribution in [0.3, 0.4) is 0 Å². The van der Waals surface area contributed by atoms with E-state index in [9.17, 15) is 9.59 Å². The highest BCUT2D eigenvalue weighted by atomic mass is 16.2. The number of rotatable bonds is 6. The van der Waals surface area contributed by atoms with Crippen LogP contribution in [0.15, 0.2) is 30.7 Å². The molecule has 1 unspecified atom stereocenters. The second-order valence-electron chi connectivity index (χ2n) is 7.97. The number of aryl methyl sites for hydroxylation is 1. The zero-order valence-electron chi connectivity index (χ0n) is 16.5. The number of nitrogens with one attached hydrogen (secondary N) is 1. The lowest BCUT2D eigenvalue weighted by Gasteiger charge is -2.15. The zero-order valence-corrected chi connectivity index (χ0v) is 16.5. The van der Waals surface area contributed by atoms with E-state index in [-0.39, 0.29) is 11.8 Å². The largest absolute Gasteiger partial charge is 0.352 e. The highest BCUT2D eigenvalue weighted by Gasteiger charge is 2.31. The third kappa shape index (κ3) is 3.80. The molecular weight excluding hydrogens is 354 g/mol. The fraction of sp³-hybridized carbons (Fsp3) is 0.476. The number of nitrogens with zero attached hydrogens (tertiary/aromatic N) is 4. The molecule has 0 saturated carbocycles. The normalized spacial score (nSPS) is 19.3. The third-order valence-corrected chi connectivity index (χ3v) is 5.72. The van der Waals surface area contributed by atoms with E-state index in [0.29, 0.717) is 43.1 Å². The van der Waals surface area contributed by atoms with Crippen LogP contribution in [0.2, 0.25) is 0 Å². The first-order valence-electron chi connectivity index (χ1n) is 9.86. The molecule has 2 aliphatic heterocycles. The molecule has 1 fully saturated rings. The smallest absolute Gasteiger partial charge is 0.254 e. The van der Waals surface area contributed by atoms with Crippen LogP contribution < -0.4 is 5.32 Å². The van der Waals surface area contributed by atoms with Gasteiger partial charge in [-0.15, -0.1) is 0 Å². The number of likely N-dealkylation sites (tertiary alicyclic amines) is 1. The molecule has 0 radical (unpaired) electrons. The van der Waals surface area contributed by atoms with Crippen LogP contribution in [0.1, 0.15) is 38.4 Å². The van der Waals surface area contributed by atoms with Gasteiger partial charge in [0.1, 0.15) is 0 Å². The van der Waals surface area contributed by atoms with Gasteiger partial charge in [-0.3, -0.25) is 9.59 Å². The number of aromatic nitrogens is 2. The number of amides is 2. The Balaban J connectivity index is 1.41. The lowest BCUT2D eigenvalue weighted by atomic mass is 10.0. The lowest BCUT2D eigenvalue weighted by Crippen LogP contribution is -2.31. The summed E-state index contributed by atoms with van der Waals surface area (Å²) in [6, 6.07) is 5.45. The molecule has 0 bridgehead atoms. The third-order valence-electron chi connectivity index (χ3n) is 5.72. The maximum absolute atomic E-state index is 12.8. The molecule has 0 aliphatic carbocycles. The molecule has 4 rings (SSSR count). The van der Waals surface area contributed by atoms with Crippen molar-refractivity contribution in [3.8, 4) is 0 Å². The van der Waals surface area contributed by atoms with Crippen LogP contribution >= 0.6 is 0 Å². The van der Waals surface area contributed by atoms with Gasteiger partial charge < -0.3 is 19.7 Å². The van der Waals surface area contributed by atoms with E-state index < -0.39 is 0 Å². The van der Waals surface area contributed by atoms with Crippen LogP contribution in [0.4, 0.5) is 0 Å². The van der Waals surface area contributed by atoms with Crippen LogP contribution in [0, 0.1) is 5.92 Å². The average molecular weight is 381 g/mol. The average Bonchev–Trinajstić information content (AvgIpc) is 3.37. The second-order valence-corrected chi connectivity index (χ2v) is 7.97. The van der Waals surface area contributed by atoms with Gasteiger partial charge >= 0.3 is 0 Å². The molecule has 1 aromatic heterocycles. The number of fused-ring (bicyclic) bond motifs is 1. The first kappa shape index (κ1) is 18.7. The van der Waals surface area contributed by atoms with Crippen molar-refractivity contribution >= 4 is 11.8 Å². The first-order valence-corrected chi connectivity index (χ1v) is 9.86. The summed E-state index contributed by atoms with van der Waals surface area (Å²) in [4.78, 5) is 34.0. The van der Waals surface area contributed by atoms with Crippen LogP contribution in [-0.2, 0) is 20.0 Å². The van der Waals surface area contributed by atoms with Crippen molar-refractivity contribution in [2.24, 2.45) is 13.0 Å². The van der Waals surface area contributed by atoms with Gasteiger partial charge in [0.25, 0.3) is 11.8 Å². The Morgan fingerprint density at radius 3 is 2.89 bits per heavy atom. The van der Waals surface area contributed by atoms with E-state index in [1.807, 2.05) is 34.8 Å². The Hall–Kier alpha value is -2.67. The van der Waals surface area contributed by atoms with Crippen molar-refractivity contribution in [2.45, 2.75) is 19.4 Å². The standard InChI is InChI=1S/C21H27N5O2/c1-24-8-6-15(11-24)10-22-20(27)17-4-3-5-18-19(17)13-26(21(18)28)9-7-16-12-25(2)14-23-16/h3-5,12,14-15H,6-11,13H2,1-2H3,(H,22,27). The van der Waals surface area contributed by atoms with Gasteiger partial charge in [0.2, 0.25) is 0 Å². The van der Waals surface area contributed by atoms with E-state index in [0.717, 1.165) is 30.8 Å². The van der Waals surface area contributed by atoms with Crippen LogP contribution in [0.5, 0.6) is 0 Å². The summed E-state index contributed by atoms with van der Waals surface area (Å²) in [6.07, 6.45) is 5.55. The molecule has 148 valence electrons. The molecule has 1 atom stereocenters. The molecule has 7 heteroatoms. The van der Waals surface area contributed by atoms with E-state index in [4.69, 9.17) is 0 Å². The summed E-state index contributed by atoms with van der Waals surface area (Å²) in [5.74, 6) is 0.422. The quantitative estimate of drug-likeness (QED) is 0.819. The molecule has 2 amide bonds. The Kier molecular flexibility index (Phi) is 5.17.